The molecule has 0 bridgehead atoms. The number of carbonyl (C=O) groups excluding carboxylic acids is 1. The molecule has 2 heterocycles. The van der Waals surface area contributed by atoms with Crippen LogP contribution in [0.1, 0.15) is 42.9 Å². The fourth-order valence-electron chi connectivity index (χ4n) is 4.65. The van der Waals surface area contributed by atoms with Crippen molar-refractivity contribution in [3.8, 4) is 17.2 Å². The molecule has 0 atom stereocenters. The van der Waals surface area contributed by atoms with Crippen molar-refractivity contribution in [2.45, 2.75) is 38.6 Å². The lowest BCUT2D eigenvalue weighted by Crippen LogP contribution is -2.32. The minimum atomic E-state index is 0.0899. The number of nitrogen functional groups attached to an aromatic ring is 1. The molecule has 0 saturated heterocycles. The molecule has 7 heteroatoms. The smallest absolute Gasteiger partial charge is 0.225 e. The number of nitriles is 1. The molecule has 1 aromatic carbocycles. The number of nitrogens with zero attached hydrogens (tertiary/aromatic N) is 4. The summed E-state index contributed by atoms with van der Waals surface area (Å²) in [5.41, 5.74) is 10.8. The molecule has 0 aliphatic heterocycles. The van der Waals surface area contributed by atoms with Gasteiger partial charge in [0.05, 0.1) is 28.5 Å². The van der Waals surface area contributed by atoms with E-state index in [0.29, 0.717) is 16.3 Å². The van der Waals surface area contributed by atoms with Gasteiger partial charge < -0.3 is 15.2 Å². The van der Waals surface area contributed by atoms with Crippen molar-refractivity contribution in [2.24, 2.45) is 5.92 Å². The summed E-state index contributed by atoms with van der Waals surface area (Å²) in [6.07, 6.45) is 8.95. The van der Waals surface area contributed by atoms with E-state index in [1.807, 2.05) is 27.1 Å². The van der Waals surface area contributed by atoms with Crippen molar-refractivity contribution in [3.05, 3.63) is 46.9 Å². The van der Waals surface area contributed by atoms with Gasteiger partial charge in [-0.25, -0.2) is 0 Å². The molecule has 2 N–H and O–H groups in total. The van der Waals surface area contributed by atoms with E-state index in [4.69, 9.17) is 17.3 Å². The molecule has 1 aliphatic rings. The van der Waals surface area contributed by atoms with Crippen molar-refractivity contribution < 1.29 is 4.79 Å². The molecule has 1 amide bonds. The standard InChI is InChI=1S/C24H26ClN5O/c1-14-8-22-18(9-16(14)10-26)20(19-11-28-12-21(27)23(19)25)13-30(22)17-6-4-15(5-7-17)24(31)29(2)3/h8-9,11-13,15,17H,4-7,27H2,1-3H3. The van der Waals surface area contributed by atoms with E-state index in [9.17, 15) is 10.1 Å². The first kappa shape index (κ1) is 21.2. The van der Waals surface area contributed by atoms with Gasteiger partial charge in [-0.2, -0.15) is 5.26 Å². The van der Waals surface area contributed by atoms with Crippen LogP contribution in [-0.4, -0.2) is 34.5 Å². The first-order valence-electron chi connectivity index (χ1n) is 10.5. The van der Waals surface area contributed by atoms with Crippen LogP contribution in [0.4, 0.5) is 5.69 Å². The topological polar surface area (TPSA) is 87.9 Å². The Morgan fingerprint density at radius 3 is 2.58 bits per heavy atom. The number of aromatic nitrogens is 2. The van der Waals surface area contributed by atoms with Gasteiger partial charge in [-0.3, -0.25) is 9.78 Å². The monoisotopic (exact) mass is 435 g/mol. The van der Waals surface area contributed by atoms with E-state index >= 15 is 0 Å². The number of anilines is 1. The number of carbonyl (C=O) groups is 1. The number of hydrogen-bond acceptors (Lipinski definition) is 4. The highest BCUT2D eigenvalue weighted by atomic mass is 35.5. The number of halogens is 1. The molecule has 31 heavy (non-hydrogen) atoms. The molecule has 1 saturated carbocycles. The zero-order valence-corrected chi connectivity index (χ0v) is 18.8. The first-order chi connectivity index (χ1) is 14.8. The van der Waals surface area contributed by atoms with Gasteiger partial charge in [0.25, 0.3) is 0 Å². The predicted octanol–water partition coefficient (Wildman–Crippen LogP) is 4.94. The summed E-state index contributed by atoms with van der Waals surface area (Å²) in [5.74, 6) is 0.302. The Hall–Kier alpha value is -3.04. The van der Waals surface area contributed by atoms with Gasteiger partial charge in [0, 0.05) is 60.5 Å². The van der Waals surface area contributed by atoms with Crippen LogP contribution in [0.25, 0.3) is 22.0 Å². The largest absolute Gasteiger partial charge is 0.396 e. The fourth-order valence-corrected chi connectivity index (χ4v) is 4.85. The van der Waals surface area contributed by atoms with Crippen molar-refractivity contribution >= 4 is 34.1 Å². The summed E-state index contributed by atoms with van der Waals surface area (Å²) in [6.45, 7) is 1.96. The molecule has 2 aromatic heterocycles. The van der Waals surface area contributed by atoms with E-state index in [-0.39, 0.29) is 17.9 Å². The molecule has 0 radical (unpaired) electrons. The van der Waals surface area contributed by atoms with Crippen molar-refractivity contribution in [3.63, 3.8) is 0 Å². The van der Waals surface area contributed by atoms with Crippen molar-refractivity contribution in [1.82, 2.24) is 14.5 Å². The number of rotatable bonds is 3. The second-order valence-electron chi connectivity index (χ2n) is 8.57. The van der Waals surface area contributed by atoms with E-state index < -0.39 is 0 Å². The summed E-state index contributed by atoms with van der Waals surface area (Å²) >= 11 is 6.53. The molecular weight excluding hydrogens is 410 g/mol. The third-order valence-electron chi connectivity index (χ3n) is 6.38. The zero-order valence-electron chi connectivity index (χ0n) is 18.0. The lowest BCUT2D eigenvalue weighted by Gasteiger charge is -2.30. The summed E-state index contributed by atoms with van der Waals surface area (Å²) in [5, 5.41) is 11.0. The summed E-state index contributed by atoms with van der Waals surface area (Å²) < 4.78 is 2.29. The third-order valence-corrected chi connectivity index (χ3v) is 6.80. The number of benzene rings is 1. The van der Waals surface area contributed by atoms with Gasteiger partial charge in [-0.1, -0.05) is 11.6 Å². The zero-order chi connectivity index (χ0) is 22.3. The second kappa shape index (κ2) is 8.24. The maximum absolute atomic E-state index is 12.4. The van der Waals surface area contributed by atoms with Gasteiger partial charge in [0.1, 0.15) is 0 Å². The van der Waals surface area contributed by atoms with E-state index in [1.165, 1.54) is 0 Å². The van der Waals surface area contributed by atoms with Crippen LogP contribution in [0.15, 0.2) is 30.7 Å². The second-order valence-corrected chi connectivity index (χ2v) is 8.95. The molecule has 0 spiro atoms. The summed E-state index contributed by atoms with van der Waals surface area (Å²) in [6, 6.07) is 6.56. The van der Waals surface area contributed by atoms with Crippen LogP contribution in [0.3, 0.4) is 0 Å². The Morgan fingerprint density at radius 2 is 1.94 bits per heavy atom. The number of hydrogen-bond donors (Lipinski definition) is 1. The van der Waals surface area contributed by atoms with Crippen LogP contribution >= 0.6 is 11.6 Å². The number of aryl methyl sites for hydroxylation is 1. The summed E-state index contributed by atoms with van der Waals surface area (Å²) in [4.78, 5) is 18.3. The lowest BCUT2D eigenvalue weighted by molar-refractivity contribution is -0.134. The molecule has 6 nitrogen and oxygen atoms in total. The maximum Gasteiger partial charge on any atom is 0.225 e. The fraction of sp³-hybridized carbons (Fsp3) is 0.375. The third kappa shape index (κ3) is 3.75. The van der Waals surface area contributed by atoms with Gasteiger partial charge >= 0.3 is 0 Å². The molecule has 1 fully saturated rings. The SMILES string of the molecule is Cc1cc2c(cc1C#N)c(-c1cncc(N)c1Cl)cn2C1CCC(C(=O)N(C)C)CC1. The molecular formula is C24H26ClN5O. The van der Waals surface area contributed by atoms with E-state index in [1.54, 1.807) is 17.3 Å². The van der Waals surface area contributed by atoms with Crippen molar-refractivity contribution in [1.29, 1.82) is 5.26 Å². The Labute approximate surface area is 187 Å². The normalized spacial score (nSPS) is 18.7. The van der Waals surface area contributed by atoms with E-state index in [2.05, 4.69) is 27.9 Å². The highest BCUT2D eigenvalue weighted by Gasteiger charge is 2.29. The van der Waals surface area contributed by atoms with E-state index in [0.717, 1.165) is 53.3 Å². The maximum atomic E-state index is 12.4. The molecule has 4 rings (SSSR count). The van der Waals surface area contributed by atoms with Crippen LogP contribution in [0.2, 0.25) is 5.02 Å². The first-order valence-corrected chi connectivity index (χ1v) is 10.9. The molecule has 0 unspecified atom stereocenters. The van der Waals surface area contributed by atoms with Crippen LogP contribution in [0, 0.1) is 24.2 Å². The van der Waals surface area contributed by atoms with Crippen LogP contribution in [0.5, 0.6) is 0 Å². The quantitative estimate of drug-likeness (QED) is 0.631. The highest BCUT2D eigenvalue weighted by molar-refractivity contribution is 6.36. The predicted molar refractivity (Wildman–Crippen MR) is 124 cm³/mol. The van der Waals surface area contributed by atoms with Crippen molar-refractivity contribution in [2.75, 3.05) is 19.8 Å². The minimum absolute atomic E-state index is 0.0899. The van der Waals surface area contributed by atoms with Gasteiger partial charge in [-0.05, 0) is 50.3 Å². The molecule has 160 valence electrons. The molecule has 3 aromatic rings. The Kier molecular flexibility index (Phi) is 5.63. The number of fused-ring (bicyclic) bond motifs is 1. The van der Waals surface area contributed by atoms with Gasteiger partial charge in [0.15, 0.2) is 0 Å². The Bertz CT molecular complexity index is 1200. The Morgan fingerprint density at radius 1 is 1.23 bits per heavy atom. The minimum Gasteiger partial charge on any atom is -0.396 e. The lowest BCUT2D eigenvalue weighted by atomic mass is 9.85. The summed E-state index contributed by atoms with van der Waals surface area (Å²) in [7, 11) is 3.64. The van der Waals surface area contributed by atoms with Gasteiger partial charge in [0.2, 0.25) is 5.91 Å². The number of pyridine rings is 1. The van der Waals surface area contributed by atoms with Gasteiger partial charge in [-0.15, -0.1) is 0 Å². The number of nitrogens with two attached hydrogens (primary N) is 1. The van der Waals surface area contributed by atoms with Crippen LogP contribution < -0.4 is 5.73 Å². The number of amides is 1. The highest BCUT2D eigenvalue weighted by Crippen LogP contribution is 2.42. The average Bonchev–Trinajstić information content (AvgIpc) is 3.12. The Balaban J connectivity index is 1.80. The average molecular weight is 436 g/mol. The molecule has 1 aliphatic carbocycles. The van der Waals surface area contributed by atoms with Crippen LogP contribution in [-0.2, 0) is 4.79 Å².